The number of nitrogens with one attached hydrogen (secondary N) is 1. The highest BCUT2D eigenvalue weighted by molar-refractivity contribution is 9.10. The minimum absolute atomic E-state index is 0.0371. The van der Waals surface area contributed by atoms with Crippen LogP contribution in [0.1, 0.15) is 32.8 Å². The first-order valence-electron chi connectivity index (χ1n) is 12.6. The van der Waals surface area contributed by atoms with Crippen LogP contribution in [0.5, 0.6) is 0 Å². The summed E-state index contributed by atoms with van der Waals surface area (Å²) in [6, 6.07) is 18.7. The number of sulfonamides is 1. The Morgan fingerprint density at radius 2 is 1.65 bits per heavy atom. The van der Waals surface area contributed by atoms with Crippen molar-refractivity contribution in [2.45, 2.75) is 50.7 Å². The summed E-state index contributed by atoms with van der Waals surface area (Å²) in [5.41, 5.74) is 0.352. The van der Waals surface area contributed by atoms with Crippen LogP contribution in [0.4, 0.5) is 11.4 Å². The summed E-state index contributed by atoms with van der Waals surface area (Å²) in [5, 5.41) is 14.3. The molecular formula is C28H31BrN4O6S. The zero-order chi connectivity index (χ0) is 29.4. The smallest absolute Gasteiger partial charge is 0.271 e. The van der Waals surface area contributed by atoms with Crippen molar-refractivity contribution < 1.29 is 22.9 Å². The van der Waals surface area contributed by atoms with Crippen LogP contribution in [0.25, 0.3) is 0 Å². The Morgan fingerprint density at radius 3 is 2.25 bits per heavy atom. The molecule has 0 saturated carbocycles. The molecule has 3 rings (SSSR count). The van der Waals surface area contributed by atoms with E-state index < -0.39 is 33.4 Å². The number of nitrogens with zero attached hydrogens (tertiary/aromatic N) is 3. The number of benzene rings is 3. The first kappa shape index (κ1) is 30.8. The lowest BCUT2D eigenvalue weighted by Gasteiger charge is -2.32. The summed E-state index contributed by atoms with van der Waals surface area (Å²) in [4.78, 5) is 39.0. The minimum Gasteiger partial charge on any atom is -0.352 e. The predicted molar refractivity (Wildman–Crippen MR) is 156 cm³/mol. The van der Waals surface area contributed by atoms with E-state index >= 15 is 0 Å². The van der Waals surface area contributed by atoms with Crippen LogP contribution >= 0.6 is 15.9 Å². The molecule has 2 atom stereocenters. The quantitative estimate of drug-likeness (QED) is 0.224. The number of hydrogen-bond acceptors (Lipinski definition) is 6. The van der Waals surface area contributed by atoms with Crippen LogP contribution in [0, 0.1) is 10.1 Å². The molecule has 0 heterocycles. The van der Waals surface area contributed by atoms with E-state index in [2.05, 4.69) is 21.2 Å². The Kier molecular flexibility index (Phi) is 10.4. The Morgan fingerprint density at radius 1 is 1.00 bits per heavy atom. The van der Waals surface area contributed by atoms with Gasteiger partial charge < -0.3 is 10.2 Å². The third-order valence-corrected chi connectivity index (χ3v) is 8.69. The van der Waals surface area contributed by atoms with E-state index in [9.17, 15) is 28.1 Å². The molecule has 0 aliphatic heterocycles. The second-order valence-electron chi connectivity index (χ2n) is 9.24. The van der Waals surface area contributed by atoms with Crippen LogP contribution < -0.4 is 9.62 Å². The molecule has 12 heteroatoms. The number of hydrogen-bond donors (Lipinski definition) is 1. The number of nitro groups is 1. The topological polar surface area (TPSA) is 130 Å². The first-order chi connectivity index (χ1) is 18.9. The highest BCUT2D eigenvalue weighted by Gasteiger charge is 2.33. The Balaban J connectivity index is 2.05. The Labute approximate surface area is 242 Å². The van der Waals surface area contributed by atoms with Gasteiger partial charge in [-0.05, 0) is 56.2 Å². The number of amides is 2. The number of non-ortho nitro benzene ring substituents is 1. The molecule has 0 bridgehead atoms. The second kappa shape index (κ2) is 13.5. The van der Waals surface area contributed by atoms with Gasteiger partial charge >= 0.3 is 0 Å². The summed E-state index contributed by atoms with van der Waals surface area (Å²) in [6.07, 6.45) is 0.689. The van der Waals surface area contributed by atoms with Crippen molar-refractivity contribution in [1.82, 2.24) is 10.2 Å². The summed E-state index contributed by atoms with van der Waals surface area (Å²) < 4.78 is 29.2. The zero-order valence-electron chi connectivity index (χ0n) is 22.4. The maximum atomic E-state index is 13.9. The van der Waals surface area contributed by atoms with Gasteiger partial charge in [-0.25, -0.2) is 8.42 Å². The van der Waals surface area contributed by atoms with E-state index in [0.717, 1.165) is 20.4 Å². The molecule has 0 aliphatic rings. The number of anilines is 1. The molecule has 0 unspecified atom stereocenters. The van der Waals surface area contributed by atoms with Gasteiger partial charge in [-0.15, -0.1) is 0 Å². The average Bonchev–Trinajstić information content (AvgIpc) is 2.95. The van der Waals surface area contributed by atoms with E-state index in [1.165, 1.54) is 35.2 Å². The van der Waals surface area contributed by atoms with Crippen molar-refractivity contribution >= 4 is 49.1 Å². The van der Waals surface area contributed by atoms with Gasteiger partial charge in [0.05, 0.1) is 15.5 Å². The van der Waals surface area contributed by atoms with Crippen molar-refractivity contribution in [2.75, 3.05) is 10.8 Å². The summed E-state index contributed by atoms with van der Waals surface area (Å²) >= 11 is 3.38. The fraction of sp³-hybridized carbons (Fsp3) is 0.286. The van der Waals surface area contributed by atoms with Gasteiger partial charge in [0.25, 0.3) is 15.7 Å². The lowest BCUT2D eigenvalue weighted by Crippen LogP contribution is -2.52. The number of halogens is 1. The van der Waals surface area contributed by atoms with Crippen molar-refractivity contribution in [1.29, 1.82) is 0 Å². The third-order valence-electron chi connectivity index (χ3n) is 6.37. The minimum atomic E-state index is -4.32. The molecule has 0 saturated heterocycles. The van der Waals surface area contributed by atoms with Crippen LogP contribution in [-0.4, -0.2) is 48.7 Å². The van der Waals surface area contributed by atoms with Crippen molar-refractivity contribution in [2.24, 2.45) is 0 Å². The highest BCUT2D eigenvalue weighted by Crippen LogP contribution is 2.27. The molecule has 10 nitrogen and oxygen atoms in total. The van der Waals surface area contributed by atoms with Gasteiger partial charge in [0, 0.05) is 29.2 Å². The van der Waals surface area contributed by atoms with Gasteiger partial charge in [0.1, 0.15) is 12.6 Å². The van der Waals surface area contributed by atoms with E-state index in [4.69, 9.17) is 0 Å². The molecule has 2 amide bonds. The van der Waals surface area contributed by atoms with Crippen LogP contribution in [0.15, 0.2) is 88.2 Å². The normalized spacial score (nSPS) is 12.7. The largest absolute Gasteiger partial charge is 0.352 e. The van der Waals surface area contributed by atoms with Crippen molar-refractivity contribution in [3.05, 3.63) is 99.0 Å². The van der Waals surface area contributed by atoms with Crippen molar-refractivity contribution in [3.63, 3.8) is 0 Å². The molecule has 40 heavy (non-hydrogen) atoms. The fourth-order valence-electron chi connectivity index (χ4n) is 3.84. The van der Waals surface area contributed by atoms with Gasteiger partial charge in [-0.3, -0.25) is 24.0 Å². The van der Waals surface area contributed by atoms with E-state index in [1.54, 1.807) is 49.4 Å². The van der Waals surface area contributed by atoms with E-state index in [0.29, 0.717) is 6.42 Å². The van der Waals surface area contributed by atoms with Crippen LogP contribution in [0.3, 0.4) is 0 Å². The third kappa shape index (κ3) is 7.66. The lowest BCUT2D eigenvalue weighted by molar-refractivity contribution is -0.384. The molecule has 0 aliphatic carbocycles. The zero-order valence-corrected chi connectivity index (χ0v) is 24.8. The maximum Gasteiger partial charge on any atom is 0.271 e. The maximum absolute atomic E-state index is 13.9. The first-order valence-corrected chi connectivity index (χ1v) is 14.8. The number of carbonyl (C=O) groups excluding carboxylic acids is 2. The molecule has 0 fully saturated rings. The molecule has 1 N–H and O–H groups in total. The highest BCUT2D eigenvalue weighted by atomic mass is 79.9. The van der Waals surface area contributed by atoms with E-state index in [1.807, 2.05) is 13.8 Å². The summed E-state index contributed by atoms with van der Waals surface area (Å²) in [6.45, 7) is 4.71. The average molecular weight is 632 g/mol. The molecule has 0 aromatic heterocycles. The number of nitro benzene ring substituents is 1. The standard InChI is InChI=1S/C28H31BrN4O6S/c1-4-20(2)30-28(35)21(3)31(18-22-13-15-23(29)16-14-22)27(34)19-32(24-9-8-10-25(17-24)33(36)37)40(38,39)26-11-6-5-7-12-26/h5-17,20-21H,4,18-19H2,1-3H3,(H,30,35)/t20-,21+/m1/s1. The molecule has 3 aromatic carbocycles. The van der Waals surface area contributed by atoms with Crippen molar-refractivity contribution in [3.8, 4) is 0 Å². The van der Waals surface area contributed by atoms with Gasteiger partial charge in [-0.2, -0.15) is 0 Å². The monoisotopic (exact) mass is 630 g/mol. The Bertz CT molecular complexity index is 1450. The molecule has 212 valence electrons. The molecule has 0 spiro atoms. The Hall–Kier alpha value is -3.77. The SMILES string of the molecule is CC[C@@H](C)NC(=O)[C@H](C)N(Cc1ccc(Br)cc1)C(=O)CN(c1cccc([N+](=O)[O-])c1)S(=O)(=O)c1ccccc1. The van der Waals surface area contributed by atoms with Gasteiger partial charge in [0.15, 0.2) is 0 Å². The fourth-order valence-corrected chi connectivity index (χ4v) is 5.54. The van der Waals surface area contributed by atoms with Crippen LogP contribution in [-0.2, 0) is 26.2 Å². The number of rotatable bonds is 12. The van der Waals surface area contributed by atoms with Gasteiger partial charge in [0.2, 0.25) is 11.8 Å². The number of carbonyl (C=O) groups is 2. The summed E-state index contributed by atoms with van der Waals surface area (Å²) in [5.74, 6) is -1.03. The van der Waals surface area contributed by atoms with E-state index in [-0.39, 0.29) is 34.8 Å². The molecular weight excluding hydrogens is 600 g/mol. The predicted octanol–water partition coefficient (Wildman–Crippen LogP) is 4.88. The second-order valence-corrected chi connectivity index (χ2v) is 12.0. The molecule has 3 aromatic rings. The lowest BCUT2D eigenvalue weighted by atomic mass is 10.1. The van der Waals surface area contributed by atoms with Crippen LogP contribution in [0.2, 0.25) is 0 Å². The summed E-state index contributed by atoms with van der Waals surface area (Å²) in [7, 11) is -4.32. The molecule has 0 radical (unpaired) electrons. The van der Waals surface area contributed by atoms with Gasteiger partial charge in [-0.1, -0.05) is 59.3 Å².